The first kappa shape index (κ1) is 96.5. The fourth-order valence-electron chi connectivity index (χ4n) is 14.3. The van der Waals surface area contributed by atoms with Crippen molar-refractivity contribution >= 4 is 181 Å². The Labute approximate surface area is 786 Å². The second kappa shape index (κ2) is 45.0. The van der Waals surface area contributed by atoms with Crippen molar-refractivity contribution in [2.24, 2.45) is 46.8 Å². The quantitative estimate of drug-likeness (QED) is 0.0351. The summed E-state index contributed by atoms with van der Waals surface area (Å²) in [5.41, 5.74) is 48.8. The van der Waals surface area contributed by atoms with Crippen LogP contribution in [0.4, 0.5) is 41.5 Å². The van der Waals surface area contributed by atoms with Gasteiger partial charge in [-0.05, 0) is 178 Å². The van der Waals surface area contributed by atoms with Gasteiger partial charge in [0.2, 0.25) is 35.7 Å². The van der Waals surface area contributed by atoms with Crippen LogP contribution in [0, 0.1) is 46.8 Å². The molecule has 19 nitrogen and oxygen atoms in total. The molecule has 4 saturated carbocycles. The SMILES string of the molecule is CC(C)(C)CNc1cc(-c2cccc(Cl)c2Cl)nc(N)n1.CC(C)Cc1cc(-c2cccc(Cl)c2Cl)nc(N)n1.C[C@@H](Cc1cc(-c2cccc(Cl)c2Cl)nc(N)n1)C1CC1.C[C@@H](Cc1cc(-c2cccc(Cl)c2Cl)nc(N)n1)C1CC1.Nc1nc(CC2CCCCC2)cc(-c2cccc(Cl)c2Cl)n1.Nc1nc(CCC2CC2)cc(-c2cccc(Cl)c2Cl)n1. The van der Waals surface area contributed by atoms with E-state index in [1.165, 1.54) is 77.0 Å². The zero-order valence-corrected chi connectivity index (χ0v) is 79.1. The van der Waals surface area contributed by atoms with Crippen molar-refractivity contribution in [1.82, 2.24) is 59.8 Å². The molecule has 4 aliphatic rings. The third-order valence-electron chi connectivity index (χ3n) is 21.2. The topological polar surface area (TPSA) is 323 Å². The maximum atomic E-state index is 6.29. The number of aryl methyl sites for hydroxylation is 1. The van der Waals surface area contributed by atoms with Crippen molar-refractivity contribution in [3.63, 3.8) is 0 Å². The third kappa shape index (κ3) is 29.0. The predicted molar refractivity (Wildman–Crippen MR) is 520 cm³/mol. The van der Waals surface area contributed by atoms with E-state index in [0.29, 0.717) is 107 Å². The number of aromatic nitrogens is 12. The second-order valence-corrected chi connectivity index (χ2v) is 38.1. The molecule has 16 rings (SSSR count). The van der Waals surface area contributed by atoms with Gasteiger partial charge < -0.3 is 39.7 Å². The highest BCUT2D eigenvalue weighted by molar-refractivity contribution is 6.46. The van der Waals surface area contributed by atoms with E-state index in [0.717, 1.165) is 141 Å². The van der Waals surface area contributed by atoms with Crippen LogP contribution in [0.15, 0.2) is 146 Å². The summed E-state index contributed by atoms with van der Waals surface area (Å²) >= 11 is 73.8. The minimum atomic E-state index is 0.133. The molecule has 0 unspecified atom stereocenters. The average molecular weight is 1910 g/mol. The molecule has 4 aliphatic carbocycles. The van der Waals surface area contributed by atoms with Gasteiger partial charge >= 0.3 is 0 Å². The number of nitrogens with one attached hydrogen (secondary N) is 1. The number of nitrogens with two attached hydrogens (primary N) is 6. The molecule has 124 heavy (non-hydrogen) atoms. The largest absolute Gasteiger partial charge is 0.369 e. The van der Waals surface area contributed by atoms with E-state index in [9.17, 15) is 0 Å². The molecule has 4 fully saturated rings. The van der Waals surface area contributed by atoms with Crippen LogP contribution >= 0.6 is 139 Å². The van der Waals surface area contributed by atoms with E-state index in [1.54, 1.807) is 36.4 Å². The molecule has 0 saturated heterocycles. The molecule has 0 radical (unpaired) electrons. The molecule has 0 aliphatic heterocycles. The van der Waals surface area contributed by atoms with Crippen LogP contribution in [-0.2, 0) is 32.1 Å². The zero-order valence-electron chi connectivity index (χ0n) is 70.0. The van der Waals surface area contributed by atoms with Gasteiger partial charge in [-0.25, -0.2) is 54.8 Å². The van der Waals surface area contributed by atoms with Crippen molar-refractivity contribution in [1.29, 1.82) is 0 Å². The fraction of sp³-hybridized carbons (Fsp3) is 0.355. The molecule has 31 heteroatoms. The van der Waals surface area contributed by atoms with Gasteiger partial charge in [-0.3, -0.25) is 0 Å². The van der Waals surface area contributed by atoms with E-state index in [4.69, 9.17) is 174 Å². The maximum Gasteiger partial charge on any atom is 0.222 e. The van der Waals surface area contributed by atoms with Gasteiger partial charge in [0.1, 0.15) is 5.82 Å². The minimum Gasteiger partial charge on any atom is -0.369 e. The molecule has 6 heterocycles. The van der Waals surface area contributed by atoms with Crippen molar-refractivity contribution in [3.05, 3.63) is 234 Å². The highest BCUT2D eigenvalue weighted by Gasteiger charge is 2.31. The second-order valence-electron chi connectivity index (χ2n) is 33.4. The molecule has 0 spiro atoms. The molecule has 0 bridgehead atoms. The van der Waals surface area contributed by atoms with Gasteiger partial charge in [-0.1, -0.05) is 305 Å². The van der Waals surface area contributed by atoms with Gasteiger partial charge in [-0.15, -0.1) is 0 Å². The number of anilines is 7. The Morgan fingerprint density at radius 3 is 0.911 bits per heavy atom. The normalized spacial score (nSPS) is 14.2. The molecule has 6 aromatic carbocycles. The molecule has 12 aromatic rings. The van der Waals surface area contributed by atoms with E-state index < -0.39 is 0 Å². The Kier molecular flexibility index (Phi) is 35.1. The van der Waals surface area contributed by atoms with E-state index in [1.807, 2.05) is 109 Å². The molecule has 0 amide bonds. The molecule has 652 valence electrons. The highest BCUT2D eigenvalue weighted by Crippen LogP contribution is 2.44. The lowest BCUT2D eigenvalue weighted by molar-refractivity contribution is 0.354. The van der Waals surface area contributed by atoms with Gasteiger partial charge in [0.05, 0.1) is 94.4 Å². The van der Waals surface area contributed by atoms with Crippen LogP contribution in [0.5, 0.6) is 0 Å². The van der Waals surface area contributed by atoms with Crippen LogP contribution in [0.2, 0.25) is 60.3 Å². The summed E-state index contributed by atoms with van der Waals surface area (Å²) in [6, 6.07) is 44.5. The van der Waals surface area contributed by atoms with E-state index in [-0.39, 0.29) is 35.2 Å². The van der Waals surface area contributed by atoms with Crippen molar-refractivity contribution in [2.45, 2.75) is 158 Å². The summed E-state index contributed by atoms with van der Waals surface area (Å²) < 4.78 is 0. The third-order valence-corrected chi connectivity index (χ3v) is 26.1. The number of rotatable bonds is 21. The molecular weight excluding hydrogens is 1810 g/mol. The Hall–Kier alpha value is -8.12. The summed E-state index contributed by atoms with van der Waals surface area (Å²) in [5.74, 6) is 7.23. The lowest BCUT2D eigenvalue weighted by atomic mass is 9.86. The summed E-state index contributed by atoms with van der Waals surface area (Å²) in [7, 11) is 0. The summed E-state index contributed by atoms with van der Waals surface area (Å²) in [4.78, 5) is 51.5. The number of hydrogen-bond donors (Lipinski definition) is 7. The smallest absolute Gasteiger partial charge is 0.222 e. The number of halogens is 12. The molecule has 13 N–H and O–H groups in total. The Bertz CT molecular complexity index is 5550. The van der Waals surface area contributed by atoms with Gasteiger partial charge in [-0.2, -0.15) is 4.98 Å². The number of hydrogen-bond acceptors (Lipinski definition) is 19. The monoisotopic (exact) mass is 1900 g/mol. The first-order valence-corrected chi connectivity index (χ1v) is 45.8. The molecule has 6 aromatic heterocycles. The van der Waals surface area contributed by atoms with Crippen molar-refractivity contribution < 1.29 is 0 Å². The standard InChI is InChI=1S/C17H19Cl2N3.2C16H17Cl2N3.C15H18Cl2N4.C15H15Cl2N3.C14H15Cl2N3/c18-14-8-4-7-13(16(14)19)15-10-12(21-17(20)22-15)9-11-5-2-1-3-6-11;2*1-9(10-5-6-10)7-11-8-14(21-16(19)20-11)12-3-2-4-13(17)15(12)18;1-15(2,3)8-19-12-7-11(20-14(18)21-12)9-5-4-6-10(16)13(9)17;16-12-3-1-2-11(14(12)17)13-8-10(19-15(18)20-13)7-6-9-4-5-9;1-8(2)6-9-7-12(19-14(17)18-9)10-4-3-5-11(15)13(10)16/h4,7-8,10-11H,1-3,5-6,9H2,(H2,20,21,22);2*2-4,8-10H,5-7H2,1H3,(H2,19,20,21);4-7H,8H2,1-3H3,(H3,18,19,20,21);1-3,8-9H,4-7H2,(H2,18,19,20);3-5,7-8H,6H2,1-2H3,(H2,17,18,19)/t;2*9-;;;/m.00.../s1. The number of nitrogen functional groups attached to an aromatic ring is 6. The summed E-state index contributed by atoms with van der Waals surface area (Å²) in [5, 5.41) is 9.25. The highest BCUT2D eigenvalue weighted by atomic mass is 35.5. The zero-order chi connectivity index (χ0) is 89.2. The van der Waals surface area contributed by atoms with Gasteiger partial charge in [0.25, 0.3) is 0 Å². The van der Waals surface area contributed by atoms with E-state index >= 15 is 0 Å². The fourth-order valence-corrected chi connectivity index (χ4v) is 16.7. The van der Waals surface area contributed by atoms with Crippen LogP contribution in [-0.4, -0.2) is 66.4 Å². The van der Waals surface area contributed by atoms with Gasteiger partial charge in [0.15, 0.2) is 0 Å². The molecule has 2 atom stereocenters. The number of benzene rings is 6. The number of nitrogens with zero attached hydrogens (tertiary/aromatic N) is 12. The van der Waals surface area contributed by atoms with Crippen LogP contribution in [0.1, 0.15) is 154 Å². The lowest BCUT2D eigenvalue weighted by Gasteiger charge is -2.21. The first-order valence-electron chi connectivity index (χ1n) is 41.3. The van der Waals surface area contributed by atoms with Crippen molar-refractivity contribution in [3.8, 4) is 67.5 Å². The minimum absolute atomic E-state index is 0.133. The maximum absolute atomic E-state index is 6.29. The van der Waals surface area contributed by atoms with E-state index in [2.05, 4.69) is 114 Å². The van der Waals surface area contributed by atoms with Crippen LogP contribution < -0.4 is 39.7 Å². The lowest BCUT2D eigenvalue weighted by Crippen LogP contribution is -2.20. The average Bonchev–Trinajstić information content (AvgIpc) is 1.56. The Morgan fingerprint density at radius 2 is 0.605 bits per heavy atom. The van der Waals surface area contributed by atoms with Crippen molar-refractivity contribution in [2.75, 3.05) is 46.3 Å². The van der Waals surface area contributed by atoms with Crippen LogP contribution in [0.25, 0.3) is 67.5 Å². The van der Waals surface area contributed by atoms with Gasteiger partial charge in [0, 0.05) is 74.5 Å². The van der Waals surface area contributed by atoms with Crippen LogP contribution in [0.3, 0.4) is 0 Å². The Balaban J connectivity index is 0.000000145. The summed E-state index contributed by atoms with van der Waals surface area (Å²) in [6.45, 7) is 16.0. The first-order chi connectivity index (χ1) is 59.1. The Morgan fingerprint density at radius 1 is 0.323 bits per heavy atom. The molecular formula is C93H101Cl12N19. The summed E-state index contributed by atoms with van der Waals surface area (Å²) in [6.07, 6.45) is 20.3. The predicted octanol–water partition coefficient (Wildman–Crippen LogP) is 27.5.